The Bertz CT molecular complexity index is 678. The highest BCUT2D eigenvalue weighted by Gasteiger charge is 2.46. The van der Waals surface area contributed by atoms with Gasteiger partial charge in [0.05, 0.1) is 6.61 Å². The number of methoxy groups -OCH3 is 1. The van der Waals surface area contributed by atoms with E-state index in [1.54, 1.807) is 0 Å². The molecule has 0 saturated carbocycles. The summed E-state index contributed by atoms with van der Waals surface area (Å²) in [4.78, 5) is 25.3. The molecule has 0 aliphatic carbocycles. The first-order chi connectivity index (χ1) is 10.4. The van der Waals surface area contributed by atoms with Gasteiger partial charge in [-0.1, -0.05) is 0 Å². The Kier molecular flexibility index (Phi) is 4.81. The van der Waals surface area contributed by atoms with Crippen LogP contribution in [-0.4, -0.2) is 56.9 Å². The maximum Gasteiger partial charge on any atom is 0.330 e. The third-order valence-electron chi connectivity index (χ3n) is 3.41. The molecule has 4 atom stereocenters. The summed E-state index contributed by atoms with van der Waals surface area (Å²) in [5.41, 5.74) is -1.09. The van der Waals surface area contributed by atoms with Crippen LogP contribution in [0.4, 0.5) is 0 Å². The predicted octanol–water partition coefficient (Wildman–Crippen LogP) is -1.45. The van der Waals surface area contributed by atoms with E-state index in [1.807, 2.05) is 0 Å². The van der Waals surface area contributed by atoms with Crippen molar-refractivity contribution in [2.45, 2.75) is 31.5 Å². The maximum absolute atomic E-state index is 11.8. The Labute approximate surface area is 125 Å². The van der Waals surface area contributed by atoms with Crippen LogP contribution in [0.25, 0.3) is 0 Å². The first-order valence-corrected chi connectivity index (χ1v) is 6.58. The van der Waals surface area contributed by atoms with Crippen molar-refractivity contribution in [2.24, 2.45) is 0 Å². The van der Waals surface area contributed by atoms with E-state index in [0.29, 0.717) is 0 Å². The highest BCUT2D eigenvalue weighted by Crippen LogP contribution is 2.31. The molecule has 2 heterocycles. The van der Waals surface area contributed by atoms with Gasteiger partial charge in [0.1, 0.15) is 24.1 Å². The van der Waals surface area contributed by atoms with Crippen LogP contribution in [0, 0.1) is 6.92 Å². The van der Waals surface area contributed by atoms with E-state index < -0.39 is 35.8 Å². The summed E-state index contributed by atoms with van der Waals surface area (Å²) >= 11 is 0. The molecule has 0 radical (unpaired) electrons. The third-order valence-corrected chi connectivity index (χ3v) is 3.41. The number of hydrogen-bond donors (Lipinski definition) is 4. The fourth-order valence-corrected chi connectivity index (χ4v) is 2.19. The lowest BCUT2D eigenvalue weighted by molar-refractivity contribution is -0.0393. The minimum atomic E-state index is -1.45. The van der Waals surface area contributed by atoms with Crippen molar-refractivity contribution >= 4 is 0 Å². The molecule has 122 valence electrons. The summed E-state index contributed by atoms with van der Waals surface area (Å²) in [6, 6.07) is 0. The first-order valence-electron chi connectivity index (χ1n) is 6.58. The SMILES string of the molecule is COCC=C(O)[C@H]1O[C@@H](n2cc(C)c(=O)[nH]c2=O)[C@H](O)[C@@H]1O. The summed E-state index contributed by atoms with van der Waals surface area (Å²) in [5, 5.41) is 29.9. The lowest BCUT2D eigenvalue weighted by Crippen LogP contribution is -2.38. The average molecular weight is 314 g/mol. The van der Waals surface area contributed by atoms with Gasteiger partial charge in [0.15, 0.2) is 6.23 Å². The van der Waals surface area contributed by atoms with Crippen molar-refractivity contribution < 1.29 is 24.8 Å². The molecule has 1 fully saturated rings. The zero-order valence-corrected chi connectivity index (χ0v) is 12.1. The molecule has 4 N–H and O–H groups in total. The van der Waals surface area contributed by atoms with Gasteiger partial charge >= 0.3 is 5.69 Å². The third kappa shape index (κ3) is 2.97. The van der Waals surface area contributed by atoms with Gasteiger partial charge in [0.2, 0.25) is 0 Å². The normalized spacial score (nSPS) is 29.0. The number of hydrogen-bond acceptors (Lipinski definition) is 7. The lowest BCUT2D eigenvalue weighted by atomic mass is 10.1. The van der Waals surface area contributed by atoms with Crippen LogP contribution in [0.1, 0.15) is 11.8 Å². The van der Waals surface area contributed by atoms with Crippen LogP contribution < -0.4 is 11.2 Å². The van der Waals surface area contributed by atoms with E-state index in [-0.39, 0.29) is 17.9 Å². The summed E-state index contributed by atoms with van der Waals surface area (Å²) in [6.45, 7) is 1.58. The van der Waals surface area contributed by atoms with Crippen molar-refractivity contribution in [3.8, 4) is 0 Å². The average Bonchev–Trinajstić information content (AvgIpc) is 2.77. The van der Waals surface area contributed by atoms with Crippen molar-refractivity contribution in [3.63, 3.8) is 0 Å². The molecule has 1 aliphatic heterocycles. The Morgan fingerprint density at radius 2 is 2.14 bits per heavy atom. The van der Waals surface area contributed by atoms with Crippen LogP contribution in [0.15, 0.2) is 27.6 Å². The number of aromatic nitrogens is 2. The van der Waals surface area contributed by atoms with Gasteiger partial charge in [-0.05, 0) is 13.0 Å². The number of aliphatic hydroxyl groups excluding tert-OH is 3. The number of H-pyrrole nitrogens is 1. The van der Waals surface area contributed by atoms with E-state index >= 15 is 0 Å². The number of rotatable bonds is 4. The zero-order chi connectivity index (χ0) is 16.4. The molecule has 1 aliphatic rings. The lowest BCUT2D eigenvalue weighted by Gasteiger charge is -2.17. The van der Waals surface area contributed by atoms with Gasteiger partial charge in [0.25, 0.3) is 5.56 Å². The largest absolute Gasteiger partial charge is 0.510 e. The number of nitrogens with one attached hydrogen (secondary N) is 1. The molecular weight excluding hydrogens is 296 g/mol. The second-order valence-corrected chi connectivity index (χ2v) is 4.99. The number of aromatic amines is 1. The minimum Gasteiger partial charge on any atom is -0.510 e. The fraction of sp³-hybridized carbons (Fsp3) is 0.538. The highest BCUT2D eigenvalue weighted by atomic mass is 16.6. The molecule has 9 heteroatoms. The van der Waals surface area contributed by atoms with Gasteiger partial charge < -0.3 is 24.8 Å². The second kappa shape index (κ2) is 6.44. The topological polar surface area (TPSA) is 134 Å². The summed E-state index contributed by atoms with van der Waals surface area (Å²) in [5.74, 6) is -0.315. The van der Waals surface area contributed by atoms with Gasteiger partial charge in [-0.2, -0.15) is 0 Å². The molecule has 1 aromatic rings. The molecule has 22 heavy (non-hydrogen) atoms. The van der Waals surface area contributed by atoms with Gasteiger partial charge in [-0.15, -0.1) is 0 Å². The van der Waals surface area contributed by atoms with E-state index in [0.717, 1.165) is 4.57 Å². The highest BCUT2D eigenvalue weighted by molar-refractivity contribution is 5.09. The quantitative estimate of drug-likeness (QED) is 0.500. The molecule has 0 spiro atoms. The predicted molar refractivity (Wildman–Crippen MR) is 74.6 cm³/mol. The fourth-order valence-electron chi connectivity index (χ4n) is 2.19. The standard InChI is InChI=1S/C13H18N2O7/c1-6-5-15(13(20)14-11(6)19)12-9(18)8(17)10(22-12)7(16)3-4-21-2/h3,5,8-10,12,16-18H,4H2,1-2H3,(H,14,19,20)/t8-,9+,10+,12+/m0/s1. The van der Waals surface area contributed by atoms with Crippen molar-refractivity contribution in [3.05, 3.63) is 44.4 Å². The summed E-state index contributed by atoms with van der Waals surface area (Å²) < 4.78 is 11.1. The van der Waals surface area contributed by atoms with Crippen LogP contribution in [0.2, 0.25) is 0 Å². The number of nitrogens with zero attached hydrogens (tertiary/aromatic N) is 1. The summed E-state index contributed by atoms with van der Waals surface area (Å²) in [7, 11) is 1.43. The molecule has 0 bridgehead atoms. The van der Waals surface area contributed by atoms with Crippen LogP contribution >= 0.6 is 0 Å². The smallest absolute Gasteiger partial charge is 0.330 e. The maximum atomic E-state index is 11.8. The van der Waals surface area contributed by atoms with E-state index in [9.17, 15) is 24.9 Å². The van der Waals surface area contributed by atoms with Gasteiger partial charge in [-0.3, -0.25) is 14.3 Å². The Morgan fingerprint density at radius 3 is 2.77 bits per heavy atom. The molecule has 1 saturated heterocycles. The van der Waals surface area contributed by atoms with Crippen molar-refractivity contribution in [2.75, 3.05) is 13.7 Å². The monoisotopic (exact) mass is 314 g/mol. The van der Waals surface area contributed by atoms with Gasteiger partial charge in [0, 0.05) is 18.9 Å². The van der Waals surface area contributed by atoms with Crippen molar-refractivity contribution in [1.82, 2.24) is 9.55 Å². The summed E-state index contributed by atoms with van der Waals surface area (Å²) in [6.07, 6.45) is -2.82. The molecule has 0 amide bonds. The molecule has 0 unspecified atom stereocenters. The van der Waals surface area contributed by atoms with E-state index in [1.165, 1.54) is 26.3 Å². The minimum absolute atomic E-state index is 0.0941. The van der Waals surface area contributed by atoms with E-state index in [4.69, 9.17) is 9.47 Å². The van der Waals surface area contributed by atoms with Gasteiger partial charge in [-0.25, -0.2) is 4.79 Å². The van der Waals surface area contributed by atoms with Crippen LogP contribution in [-0.2, 0) is 9.47 Å². The number of aryl methyl sites for hydroxylation is 1. The second-order valence-electron chi connectivity index (χ2n) is 4.99. The van der Waals surface area contributed by atoms with Crippen LogP contribution in [0.5, 0.6) is 0 Å². The Morgan fingerprint density at radius 1 is 1.45 bits per heavy atom. The van der Waals surface area contributed by atoms with Crippen molar-refractivity contribution in [1.29, 1.82) is 0 Å². The number of aliphatic hydroxyl groups is 3. The molecule has 2 rings (SSSR count). The van der Waals surface area contributed by atoms with Crippen LogP contribution in [0.3, 0.4) is 0 Å². The Balaban J connectivity index is 2.33. The molecular formula is C13H18N2O7. The zero-order valence-electron chi connectivity index (χ0n) is 12.1. The molecule has 9 nitrogen and oxygen atoms in total. The first kappa shape index (κ1) is 16.4. The molecule has 0 aromatic carbocycles. The Hall–Kier alpha value is -1.94. The van der Waals surface area contributed by atoms with E-state index in [2.05, 4.69) is 4.98 Å². The number of ether oxygens (including phenoxy) is 2. The molecule has 1 aromatic heterocycles.